The van der Waals surface area contributed by atoms with Gasteiger partial charge in [-0.15, -0.1) is 0 Å². The lowest BCUT2D eigenvalue weighted by molar-refractivity contribution is -0.161. The Morgan fingerprint density at radius 3 is 2.33 bits per heavy atom. The molecule has 0 aliphatic carbocycles. The second kappa shape index (κ2) is 9.22. The molecule has 0 N–H and O–H groups in total. The van der Waals surface area contributed by atoms with Crippen molar-refractivity contribution in [3.05, 3.63) is 73.8 Å². The van der Waals surface area contributed by atoms with E-state index in [1.54, 1.807) is 0 Å². The Kier molecular flexibility index (Phi) is 7.22. The van der Waals surface area contributed by atoms with E-state index >= 15 is 0 Å². The molecule has 0 unspecified atom stereocenters. The van der Waals surface area contributed by atoms with Gasteiger partial charge in [-0.1, -0.05) is 24.3 Å². The Morgan fingerprint density at radius 1 is 1.18 bits per heavy atom. The van der Waals surface area contributed by atoms with Gasteiger partial charge in [0.15, 0.2) is 0 Å². The van der Waals surface area contributed by atoms with Gasteiger partial charge in [0.05, 0.1) is 16.3 Å². The molecule has 0 fully saturated rings. The topological polar surface area (TPSA) is 96.6 Å². The van der Waals surface area contributed by atoms with Crippen molar-refractivity contribution in [3.8, 4) is 5.69 Å². The molecule has 1 aromatic carbocycles. The molecule has 0 aliphatic heterocycles. The predicted molar refractivity (Wildman–Crippen MR) is 108 cm³/mol. The van der Waals surface area contributed by atoms with Gasteiger partial charge in [-0.2, -0.15) is 13.2 Å². The molecule has 0 saturated heterocycles. The van der Waals surface area contributed by atoms with Crippen LogP contribution < -0.4 is 11.2 Å². The number of aromatic nitrogens is 2. The van der Waals surface area contributed by atoms with Gasteiger partial charge in [0.1, 0.15) is 18.1 Å². The highest BCUT2D eigenvalue weighted by Gasteiger charge is 2.36. The lowest BCUT2D eigenvalue weighted by Crippen LogP contribution is -2.41. The Hall–Kier alpha value is -3.41. The van der Waals surface area contributed by atoms with Crippen LogP contribution in [0, 0.1) is 5.82 Å². The van der Waals surface area contributed by atoms with E-state index in [2.05, 4.69) is 6.58 Å². The van der Waals surface area contributed by atoms with E-state index < -0.39 is 62.7 Å². The van der Waals surface area contributed by atoms with Crippen molar-refractivity contribution >= 4 is 23.5 Å². The third kappa shape index (κ3) is 5.33. The minimum absolute atomic E-state index is 0.0984. The number of halogens is 5. The predicted octanol–water partition coefficient (Wildman–Crippen LogP) is 3.01. The fourth-order valence-electron chi connectivity index (χ4n) is 2.62. The number of hydrogen-bond donors (Lipinski definition) is 0. The molecule has 1 heterocycles. The van der Waals surface area contributed by atoms with Crippen LogP contribution >= 0.6 is 11.6 Å². The molecule has 8 nitrogen and oxygen atoms in total. The molecule has 178 valence electrons. The molecule has 2 rings (SSSR count). The Bertz CT molecular complexity index is 1250. The van der Waals surface area contributed by atoms with Crippen molar-refractivity contribution in [3.63, 3.8) is 0 Å². The van der Waals surface area contributed by atoms with E-state index in [0.29, 0.717) is 12.1 Å². The quantitative estimate of drug-likeness (QED) is 0.349. The summed E-state index contributed by atoms with van der Waals surface area (Å²) in [6.07, 6.45) is -3.74. The highest BCUT2D eigenvalue weighted by Crippen LogP contribution is 2.28. The molecular formula is C20H17ClF4N2O6. The molecule has 0 bridgehead atoms. The minimum atomic E-state index is -5.02. The first-order valence-corrected chi connectivity index (χ1v) is 9.40. The molecule has 0 aliphatic rings. The lowest BCUT2D eigenvalue weighted by Gasteiger charge is -2.23. The van der Waals surface area contributed by atoms with E-state index in [1.165, 1.54) is 19.9 Å². The zero-order valence-corrected chi connectivity index (χ0v) is 18.2. The molecule has 0 radical (unpaired) electrons. The Morgan fingerprint density at radius 2 is 1.79 bits per heavy atom. The molecule has 2 aromatic rings. The SMILES string of the molecule is C=CCOC(=O)C(C)(C)OC(=O)c1cc(-n2c(=O)cc(C(F)(F)F)n(C)c2=O)c(F)cc1Cl. The van der Waals surface area contributed by atoms with Crippen LogP contribution in [0.2, 0.25) is 5.02 Å². The summed E-state index contributed by atoms with van der Waals surface area (Å²) >= 11 is 5.88. The second-order valence-corrected chi connectivity index (χ2v) is 7.52. The van der Waals surface area contributed by atoms with Crippen LogP contribution in [0.3, 0.4) is 0 Å². The zero-order chi connectivity index (χ0) is 25.3. The highest BCUT2D eigenvalue weighted by atomic mass is 35.5. The summed E-state index contributed by atoms with van der Waals surface area (Å²) in [5.74, 6) is -3.47. The standard InChI is InChI=1S/C20H17ClF4N2O6/c1-5-6-32-17(30)19(2,3)33-16(29)10-7-13(12(22)8-11(10)21)27-15(28)9-14(20(23,24)25)26(4)18(27)31/h5,7-9H,1,6H2,2-4H3. The van der Waals surface area contributed by atoms with Gasteiger partial charge < -0.3 is 9.47 Å². The van der Waals surface area contributed by atoms with Crippen molar-refractivity contribution in [2.75, 3.05) is 6.61 Å². The van der Waals surface area contributed by atoms with Gasteiger partial charge in [-0.25, -0.2) is 23.3 Å². The van der Waals surface area contributed by atoms with Gasteiger partial charge >= 0.3 is 23.8 Å². The van der Waals surface area contributed by atoms with Gasteiger partial charge in [0, 0.05) is 13.1 Å². The Labute approximate surface area is 188 Å². The largest absolute Gasteiger partial charge is 0.459 e. The average molecular weight is 493 g/mol. The lowest BCUT2D eigenvalue weighted by atomic mass is 10.1. The van der Waals surface area contributed by atoms with Crippen molar-refractivity contribution in [2.24, 2.45) is 7.05 Å². The van der Waals surface area contributed by atoms with Gasteiger partial charge in [-0.05, 0) is 26.0 Å². The maximum absolute atomic E-state index is 14.6. The van der Waals surface area contributed by atoms with E-state index in [0.717, 1.165) is 7.05 Å². The summed E-state index contributed by atoms with van der Waals surface area (Å²) in [6.45, 7) is 5.60. The van der Waals surface area contributed by atoms with Crippen LogP contribution in [0.5, 0.6) is 0 Å². The molecular weight excluding hydrogens is 476 g/mol. The fourth-order valence-corrected chi connectivity index (χ4v) is 2.85. The van der Waals surface area contributed by atoms with E-state index in [1.807, 2.05) is 0 Å². The van der Waals surface area contributed by atoms with Crippen molar-refractivity contribution in [1.29, 1.82) is 0 Å². The second-order valence-electron chi connectivity index (χ2n) is 7.11. The maximum Gasteiger partial charge on any atom is 0.431 e. The number of alkyl halides is 3. The smallest absolute Gasteiger partial charge is 0.431 e. The molecule has 1 aromatic heterocycles. The average Bonchev–Trinajstić information content (AvgIpc) is 2.68. The van der Waals surface area contributed by atoms with E-state index in [4.69, 9.17) is 21.1 Å². The van der Waals surface area contributed by atoms with Gasteiger partial charge in [-0.3, -0.25) is 9.36 Å². The molecule has 0 amide bonds. The number of nitrogens with zero attached hydrogens (tertiary/aromatic N) is 2. The number of esters is 2. The van der Waals surface area contributed by atoms with Crippen molar-refractivity contribution < 1.29 is 36.6 Å². The van der Waals surface area contributed by atoms with Gasteiger partial charge in [0.25, 0.3) is 5.56 Å². The summed E-state index contributed by atoms with van der Waals surface area (Å²) in [4.78, 5) is 49.3. The first kappa shape index (κ1) is 25.8. The molecule has 0 spiro atoms. The molecule has 0 saturated carbocycles. The van der Waals surface area contributed by atoms with Crippen LogP contribution in [0.15, 0.2) is 40.4 Å². The van der Waals surface area contributed by atoms with Crippen molar-refractivity contribution in [1.82, 2.24) is 9.13 Å². The number of hydrogen-bond acceptors (Lipinski definition) is 6. The fraction of sp³-hybridized carbons (Fsp3) is 0.300. The minimum Gasteiger partial charge on any atom is -0.459 e. The number of ether oxygens (including phenoxy) is 2. The van der Waals surface area contributed by atoms with Crippen LogP contribution in [-0.2, 0) is 27.5 Å². The van der Waals surface area contributed by atoms with E-state index in [9.17, 15) is 36.7 Å². The first-order valence-electron chi connectivity index (χ1n) is 9.03. The third-order valence-corrected chi connectivity index (χ3v) is 4.59. The maximum atomic E-state index is 14.6. The Balaban J connectivity index is 2.59. The molecule has 13 heteroatoms. The number of benzene rings is 1. The monoisotopic (exact) mass is 492 g/mol. The van der Waals surface area contributed by atoms with Crippen LogP contribution in [0.25, 0.3) is 5.69 Å². The summed E-state index contributed by atoms with van der Waals surface area (Å²) in [5.41, 5.74) is -7.81. The highest BCUT2D eigenvalue weighted by molar-refractivity contribution is 6.33. The molecule has 33 heavy (non-hydrogen) atoms. The van der Waals surface area contributed by atoms with Crippen LogP contribution in [-0.4, -0.2) is 33.3 Å². The van der Waals surface area contributed by atoms with Crippen LogP contribution in [0.4, 0.5) is 17.6 Å². The van der Waals surface area contributed by atoms with Crippen molar-refractivity contribution in [2.45, 2.75) is 25.6 Å². The first-order chi connectivity index (χ1) is 15.1. The summed E-state index contributed by atoms with van der Waals surface area (Å²) in [5, 5.41) is -0.506. The number of carbonyl (C=O) groups is 2. The number of carbonyl (C=O) groups excluding carboxylic acids is 2. The molecule has 0 atom stereocenters. The van der Waals surface area contributed by atoms with E-state index in [-0.39, 0.29) is 21.8 Å². The van der Waals surface area contributed by atoms with Gasteiger partial charge in [0.2, 0.25) is 5.60 Å². The zero-order valence-electron chi connectivity index (χ0n) is 17.5. The number of rotatable bonds is 6. The summed E-state index contributed by atoms with van der Waals surface area (Å²) in [6, 6.07) is 1.33. The third-order valence-electron chi connectivity index (χ3n) is 4.28. The van der Waals surface area contributed by atoms with Crippen LogP contribution in [0.1, 0.15) is 29.9 Å². The summed E-state index contributed by atoms with van der Waals surface area (Å²) < 4.78 is 63.8. The normalized spacial score (nSPS) is 11.8. The summed E-state index contributed by atoms with van der Waals surface area (Å²) in [7, 11) is 0.738.